The topological polar surface area (TPSA) is 52.6 Å². The van der Waals surface area contributed by atoms with Gasteiger partial charge in [-0.15, -0.1) is 0 Å². The molecule has 2 aliphatic heterocycles. The molecule has 1 saturated heterocycles. The summed E-state index contributed by atoms with van der Waals surface area (Å²) in [6, 6.07) is 7.74. The Morgan fingerprint density at radius 3 is 1.71 bits per heavy atom. The van der Waals surface area contributed by atoms with Crippen LogP contribution in [0, 0.1) is 11.8 Å². The molecule has 5 atom stereocenters. The average Bonchev–Trinajstić information content (AvgIpc) is 2.99. The molecule has 1 unspecified atom stereocenters. The lowest BCUT2D eigenvalue weighted by molar-refractivity contribution is -0.156. The van der Waals surface area contributed by atoms with E-state index in [0.29, 0.717) is 0 Å². The number of hydrogen-bond acceptors (Lipinski definition) is 5. The van der Waals surface area contributed by atoms with Crippen LogP contribution >= 0.6 is 6.04 Å². The van der Waals surface area contributed by atoms with E-state index in [1.54, 1.807) is 0 Å². The number of carbonyl (C=O) groups excluding carboxylic acids is 2. The van der Waals surface area contributed by atoms with Crippen LogP contribution in [0.25, 0.3) is 0 Å². The molecule has 0 saturated carbocycles. The number of fused-ring (bicyclic) bond motifs is 2. The van der Waals surface area contributed by atoms with E-state index in [9.17, 15) is 9.59 Å². The Labute approximate surface area is 147 Å². The second kappa shape index (κ2) is 6.12. The van der Waals surface area contributed by atoms with Gasteiger partial charge in [-0.1, -0.05) is 53.3 Å². The van der Waals surface area contributed by atoms with Crippen molar-refractivity contribution in [3.05, 3.63) is 41.5 Å². The van der Waals surface area contributed by atoms with Gasteiger partial charge in [0, 0.05) is 11.3 Å². The predicted octanol–water partition coefficient (Wildman–Crippen LogP) is 2.47. The molecule has 1 fully saturated rings. The van der Waals surface area contributed by atoms with Crippen LogP contribution < -0.4 is 5.30 Å². The first-order valence-electron chi connectivity index (χ1n) is 7.87. The van der Waals surface area contributed by atoms with Crippen molar-refractivity contribution in [1.82, 2.24) is 0 Å². The summed E-state index contributed by atoms with van der Waals surface area (Å²) in [6.45, 7) is 4.07. The summed E-state index contributed by atoms with van der Waals surface area (Å²) in [6.07, 6.45) is 0. The van der Waals surface area contributed by atoms with Crippen LogP contribution in [0.1, 0.15) is 13.8 Å². The van der Waals surface area contributed by atoms with Crippen LogP contribution in [0.5, 0.6) is 0 Å². The molecular weight excluding hydrogens is 343 g/mol. The molecule has 0 radical (unpaired) electrons. The zero-order valence-corrected chi connectivity index (χ0v) is 15.9. The average molecular weight is 364 g/mol. The van der Waals surface area contributed by atoms with Crippen LogP contribution in [0.3, 0.4) is 0 Å². The molecule has 4 nitrogen and oxygen atoms in total. The Morgan fingerprint density at radius 1 is 0.917 bits per heavy atom. The highest BCUT2D eigenvalue weighted by Gasteiger charge is 2.65. The first-order valence-corrected chi connectivity index (χ1v) is 10.8. The van der Waals surface area contributed by atoms with Crippen molar-refractivity contribution < 1.29 is 19.1 Å². The number of ether oxygens (including phenoxy) is 2. The van der Waals surface area contributed by atoms with Crippen molar-refractivity contribution in [1.29, 1.82) is 0 Å². The van der Waals surface area contributed by atoms with E-state index < -0.39 is 17.9 Å². The smallest absolute Gasteiger partial charge is 0.310 e. The molecule has 0 spiro atoms. The van der Waals surface area contributed by atoms with Crippen molar-refractivity contribution in [2.75, 3.05) is 14.2 Å². The molecule has 0 aliphatic carbocycles. The number of esters is 2. The molecule has 1 aromatic rings. The van der Waals surface area contributed by atoms with E-state index in [1.807, 2.05) is 44.2 Å². The molecule has 24 heavy (non-hydrogen) atoms. The van der Waals surface area contributed by atoms with E-state index in [-0.39, 0.29) is 23.3 Å². The van der Waals surface area contributed by atoms with Crippen molar-refractivity contribution in [2.24, 2.45) is 11.8 Å². The molecule has 0 N–H and O–H groups in total. The lowest BCUT2D eigenvalue weighted by atomic mass is 9.76. The van der Waals surface area contributed by atoms with Crippen LogP contribution in [-0.4, -0.2) is 37.5 Å². The lowest BCUT2D eigenvalue weighted by Crippen LogP contribution is -2.40. The molecule has 2 bridgehead atoms. The third-order valence-electron chi connectivity index (χ3n) is 5.51. The number of carbonyl (C=O) groups is 2. The number of benzene rings is 1. The standard InChI is InChI=1S/C18H21O4PS/c1-10-11(2)16-14(18(20)22-4)13(17(19)21-3)15(10)23(16,24)12-8-6-5-7-9-12/h5-9,13-16H,1-4H3/t13-,14+,15-,16+,23?. The zero-order chi connectivity index (χ0) is 17.6. The van der Waals surface area contributed by atoms with E-state index >= 15 is 0 Å². The third-order valence-corrected chi connectivity index (χ3v) is 11.7. The minimum absolute atomic E-state index is 0.128. The Hall–Kier alpha value is -1.45. The van der Waals surface area contributed by atoms with Gasteiger partial charge >= 0.3 is 11.9 Å². The first-order chi connectivity index (χ1) is 11.4. The second-order valence-corrected chi connectivity index (χ2v) is 11.3. The fourth-order valence-electron chi connectivity index (χ4n) is 4.43. The van der Waals surface area contributed by atoms with Gasteiger partial charge < -0.3 is 9.47 Å². The largest absolute Gasteiger partial charge is 0.469 e. The summed E-state index contributed by atoms with van der Waals surface area (Å²) in [5.74, 6) is -1.84. The van der Waals surface area contributed by atoms with Crippen LogP contribution in [0.15, 0.2) is 41.5 Å². The molecule has 128 valence electrons. The van der Waals surface area contributed by atoms with Crippen molar-refractivity contribution in [2.45, 2.75) is 25.2 Å². The van der Waals surface area contributed by atoms with Gasteiger partial charge in [0.15, 0.2) is 0 Å². The Bertz CT molecular complexity index is 728. The Balaban J connectivity index is 2.23. The van der Waals surface area contributed by atoms with Gasteiger partial charge in [0.25, 0.3) is 0 Å². The molecule has 6 heteroatoms. The van der Waals surface area contributed by atoms with E-state index in [0.717, 1.165) is 16.5 Å². The fraction of sp³-hybridized carbons (Fsp3) is 0.444. The van der Waals surface area contributed by atoms with Crippen molar-refractivity contribution in [3.8, 4) is 0 Å². The highest BCUT2D eigenvalue weighted by atomic mass is 32.4. The van der Waals surface area contributed by atoms with Gasteiger partial charge in [-0.3, -0.25) is 9.59 Å². The van der Waals surface area contributed by atoms with Gasteiger partial charge in [-0.25, -0.2) is 0 Å². The highest BCUT2D eigenvalue weighted by molar-refractivity contribution is 8.19. The fourth-order valence-corrected chi connectivity index (χ4v) is 11.3. The van der Waals surface area contributed by atoms with Gasteiger partial charge in [0.2, 0.25) is 0 Å². The summed E-state index contributed by atoms with van der Waals surface area (Å²) < 4.78 is 10.1. The summed E-state index contributed by atoms with van der Waals surface area (Å²) in [7, 11) is 2.72. The summed E-state index contributed by atoms with van der Waals surface area (Å²) in [5.41, 5.74) is 2.03. The van der Waals surface area contributed by atoms with Gasteiger partial charge in [-0.05, 0) is 25.2 Å². The van der Waals surface area contributed by atoms with Crippen molar-refractivity contribution in [3.63, 3.8) is 0 Å². The van der Waals surface area contributed by atoms with Gasteiger partial charge in [-0.2, -0.15) is 0 Å². The van der Waals surface area contributed by atoms with Crippen molar-refractivity contribution >= 4 is 35.1 Å². The molecule has 2 aliphatic rings. The summed E-state index contributed by atoms with van der Waals surface area (Å²) in [4.78, 5) is 25.0. The van der Waals surface area contributed by atoms with E-state index in [2.05, 4.69) is 0 Å². The first kappa shape index (κ1) is 17.4. The highest BCUT2D eigenvalue weighted by Crippen LogP contribution is 2.75. The molecule has 2 heterocycles. The summed E-state index contributed by atoms with van der Waals surface area (Å²) in [5, 5.41) is 1.08. The van der Waals surface area contributed by atoms with Crippen LogP contribution in [-0.2, 0) is 30.9 Å². The quantitative estimate of drug-likeness (QED) is 0.469. The van der Waals surface area contributed by atoms with E-state index in [1.165, 1.54) is 14.2 Å². The van der Waals surface area contributed by atoms with E-state index in [4.69, 9.17) is 21.3 Å². The van der Waals surface area contributed by atoms with Gasteiger partial charge in [0.05, 0.1) is 26.1 Å². The minimum atomic E-state index is -2.19. The molecule has 0 aromatic heterocycles. The van der Waals surface area contributed by atoms with Crippen LogP contribution in [0.4, 0.5) is 0 Å². The zero-order valence-electron chi connectivity index (χ0n) is 14.2. The predicted molar refractivity (Wildman–Crippen MR) is 97.3 cm³/mol. The third kappa shape index (κ3) is 2.14. The number of methoxy groups -OCH3 is 2. The number of hydrogen-bond donors (Lipinski definition) is 0. The molecule has 0 amide bonds. The summed E-state index contributed by atoms with van der Waals surface area (Å²) >= 11 is 6.24. The number of allylic oxidation sites excluding steroid dienone is 2. The number of rotatable bonds is 3. The maximum atomic E-state index is 12.5. The molecular formula is C18H21O4PS. The lowest BCUT2D eigenvalue weighted by Gasteiger charge is -2.27. The second-order valence-electron chi connectivity index (χ2n) is 6.40. The maximum absolute atomic E-state index is 12.5. The monoisotopic (exact) mass is 364 g/mol. The molecule has 3 rings (SSSR count). The van der Waals surface area contributed by atoms with Crippen LogP contribution in [0.2, 0.25) is 0 Å². The Morgan fingerprint density at radius 2 is 1.33 bits per heavy atom. The SMILES string of the molecule is COC(=O)[C@@H]1[C@H](C(=O)OC)[C@@H]2C(C)=C(C)[C@H]1P2(=S)c1ccccc1. The molecule has 1 aromatic carbocycles. The normalized spacial score (nSPS) is 34.3. The Kier molecular flexibility index (Phi) is 4.43. The maximum Gasteiger partial charge on any atom is 0.310 e. The minimum Gasteiger partial charge on any atom is -0.469 e. The van der Waals surface area contributed by atoms with Gasteiger partial charge in [0.1, 0.15) is 0 Å².